The van der Waals surface area contributed by atoms with Gasteiger partial charge in [-0.25, -0.2) is 0 Å². The van der Waals surface area contributed by atoms with Gasteiger partial charge in [-0.15, -0.1) is 0 Å². The van der Waals surface area contributed by atoms with E-state index in [1.807, 2.05) is 42.3 Å². The molecular weight excluding hydrogens is 406 g/mol. The third-order valence-electron chi connectivity index (χ3n) is 4.94. The zero-order valence-corrected chi connectivity index (χ0v) is 17.2. The van der Waals surface area contributed by atoms with Crippen molar-refractivity contribution in [3.05, 3.63) is 52.8 Å². The Morgan fingerprint density at radius 3 is 2.70 bits per heavy atom. The second-order valence-electron chi connectivity index (χ2n) is 6.89. The topological polar surface area (TPSA) is 54.5 Å². The first-order valence-electron chi connectivity index (χ1n) is 9.48. The lowest BCUT2D eigenvalue weighted by Gasteiger charge is -2.31. The Hall–Kier alpha value is -2.08. The van der Waals surface area contributed by atoms with Gasteiger partial charge in [-0.3, -0.25) is 9.78 Å². The van der Waals surface area contributed by atoms with Gasteiger partial charge in [-0.2, -0.15) is 0 Å². The Balaban J connectivity index is 1.57. The second-order valence-corrected chi connectivity index (χ2v) is 7.81. The van der Waals surface area contributed by atoms with Crippen LogP contribution < -0.4 is 10.1 Å². The molecule has 144 valence electrons. The van der Waals surface area contributed by atoms with E-state index < -0.39 is 0 Å². The molecule has 1 saturated carbocycles. The van der Waals surface area contributed by atoms with Crippen molar-refractivity contribution in [2.75, 3.05) is 25.5 Å². The van der Waals surface area contributed by atoms with E-state index in [4.69, 9.17) is 4.74 Å². The number of pyridine rings is 1. The van der Waals surface area contributed by atoms with Crippen molar-refractivity contribution in [2.24, 2.45) is 0 Å². The van der Waals surface area contributed by atoms with E-state index in [9.17, 15) is 4.79 Å². The minimum absolute atomic E-state index is 0.0583. The molecule has 6 heteroatoms. The Morgan fingerprint density at radius 2 is 1.96 bits per heavy atom. The van der Waals surface area contributed by atoms with Gasteiger partial charge in [-0.05, 0) is 43.2 Å². The molecule has 1 aromatic heterocycles. The highest BCUT2D eigenvalue weighted by atomic mass is 79.9. The van der Waals surface area contributed by atoms with E-state index in [2.05, 4.69) is 26.2 Å². The number of hydrogen-bond donors (Lipinski definition) is 1. The number of hydrogen-bond acceptors (Lipinski definition) is 4. The molecule has 1 aliphatic rings. The summed E-state index contributed by atoms with van der Waals surface area (Å²) in [5.41, 5.74) is 1.67. The summed E-state index contributed by atoms with van der Waals surface area (Å²) in [4.78, 5) is 18.8. The van der Waals surface area contributed by atoms with Crippen molar-refractivity contribution in [1.29, 1.82) is 0 Å². The van der Waals surface area contributed by atoms with Crippen LogP contribution in [0, 0.1) is 0 Å². The van der Waals surface area contributed by atoms with Gasteiger partial charge in [0.05, 0.1) is 0 Å². The molecule has 5 nitrogen and oxygen atoms in total. The molecule has 2 aromatic rings. The largest absolute Gasteiger partial charge is 0.492 e. The van der Waals surface area contributed by atoms with Crippen molar-refractivity contribution in [1.82, 2.24) is 9.88 Å². The highest BCUT2D eigenvalue weighted by molar-refractivity contribution is 9.10. The van der Waals surface area contributed by atoms with Gasteiger partial charge in [0.25, 0.3) is 5.91 Å². The van der Waals surface area contributed by atoms with Gasteiger partial charge in [0.2, 0.25) is 0 Å². The molecule has 1 amide bonds. The maximum Gasteiger partial charge on any atom is 0.254 e. The summed E-state index contributed by atoms with van der Waals surface area (Å²) in [6.45, 7) is 1.17. The first kappa shape index (κ1) is 19.7. The number of ether oxygens (including phenoxy) is 1. The predicted molar refractivity (Wildman–Crippen MR) is 111 cm³/mol. The van der Waals surface area contributed by atoms with E-state index in [1.54, 1.807) is 12.4 Å². The second kappa shape index (κ2) is 9.74. The highest BCUT2D eigenvalue weighted by Crippen LogP contribution is 2.26. The molecule has 0 aliphatic heterocycles. The maximum absolute atomic E-state index is 12.9. The quantitative estimate of drug-likeness (QED) is 0.643. The summed E-state index contributed by atoms with van der Waals surface area (Å²) in [5, 5.41) is 3.28. The van der Waals surface area contributed by atoms with Crippen molar-refractivity contribution in [2.45, 2.75) is 38.1 Å². The van der Waals surface area contributed by atoms with Gasteiger partial charge >= 0.3 is 0 Å². The molecule has 0 bridgehead atoms. The van der Waals surface area contributed by atoms with Crippen LogP contribution in [0.15, 0.2) is 47.2 Å². The van der Waals surface area contributed by atoms with Crippen LogP contribution in [-0.2, 0) is 0 Å². The van der Waals surface area contributed by atoms with Crippen molar-refractivity contribution < 1.29 is 9.53 Å². The summed E-state index contributed by atoms with van der Waals surface area (Å²) in [6, 6.07) is 9.76. The Bertz CT molecular complexity index is 748. The van der Waals surface area contributed by atoms with Crippen LogP contribution >= 0.6 is 15.9 Å². The Kier molecular flexibility index (Phi) is 7.10. The molecule has 1 aliphatic carbocycles. The number of aromatic nitrogens is 1. The van der Waals surface area contributed by atoms with Crippen LogP contribution in [0.3, 0.4) is 0 Å². The molecule has 0 unspecified atom stereocenters. The minimum Gasteiger partial charge on any atom is -0.492 e. The number of amides is 1. The maximum atomic E-state index is 12.9. The lowest BCUT2D eigenvalue weighted by Crippen LogP contribution is -2.38. The molecule has 1 N–H and O–H groups in total. The molecule has 1 heterocycles. The van der Waals surface area contributed by atoms with Crippen LogP contribution in [0.4, 0.5) is 5.69 Å². The molecule has 27 heavy (non-hydrogen) atoms. The smallest absolute Gasteiger partial charge is 0.254 e. The standard InChI is InChI=1S/C21H26BrN3O2/c1-25(19-5-3-2-4-6-19)21(26)16-13-17(22)15-20(14-16)27-12-11-24-18-7-9-23-10-8-18/h7-10,13-15,19H,2-6,11-12H2,1H3,(H,23,24). The third kappa shape index (κ3) is 5.70. The van der Waals surface area contributed by atoms with Crippen LogP contribution in [0.25, 0.3) is 0 Å². The summed E-state index contributed by atoms with van der Waals surface area (Å²) in [6.07, 6.45) is 9.39. The van der Waals surface area contributed by atoms with Crippen LogP contribution in [0.1, 0.15) is 42.5 Å². The average Bonchev–Trinajstić information content (AvgIpc) is 2.71. The number of carbonyl (C=O) groups excluding carboxylic acids is 1. The van der Waals surface area contributed by atoms with E-state index >= 15 is 0 Å². The predicted octanol–water partition coefficient (Wildman–Crippen LogP) is 4.74. The molecule has 3 rings (SSSR count). The zero-order chi connectivity index (χ0) is 19.1. The third-order valence-corrected chi connectivity index (χ3v) is 5.40. The highest BCUT2D eigenvalue weighted by Gasteiger charge is 2.23. The zero-order valence-electron chi connectivity index (χ0n) is 15.7. The van der Waals surface area contributed by atoms with Crippen LogP contribution in [-0.4, -0.2) is 42.0 Å². The fourth-order valence-corrected chi connectivity index (χ4v) is 3.91. The van der Waals surface area contributed by atoms with Gasteiger partial charge in [-0.1, -0.05) is 35.2 Å². The van der Waals surface area contributed by atoms with Gasteiger partial charge < -0.3 is 15.0 Å². The number of benzene rings is 1. The van der Waals surface area contributed by atoms with E-state index in [0.717, 1.165) is 23.0 Å². The number of anilines is 1. The van der Waals surface area contributed by atoms with E-state index in [0.29, 0.717) is 30.5 Å². The molecule has 1 aromatic carbocycles. The molecule has 0 atom stereocenters. The molecule has 1 fully saturated rings. The molecule has 0 radical (unpaired) electrons. The lowest BCUT2D eigenvalue weighted by molar-refractivity contribution is 0.0695. The fraction of sp³-hybridized carbons (Fsp3) is 0.429. The number of nitrogens with zero attached hydrogens (tertiary/aromatic N) is 2. The van der Waals surface area contributed by atoms with Gasteiger partial charge in [0, 0.05) is 47.8 Å². The van der Waals surface area contributed by atoms with Crippen LogP contribution in [0.5, 0.6) is 5.75 Å². The number of halogens is 1. The van der Waals surface area contributed by atoms with E-state index in [-0.39, 0.29) is 5.91 Å². The Morgan fingerprint density at radius 1 is 1.22 bits per heavy atom. The van der Waals surface area contributed by atoms with Gasteiger partial charge in [0.15, 0.2) is 0 Å². The first-order chi connectivity index (χ1) is 13.1. The molecule has 0 saturated heterocycles. The summed E-state index contributed by atoms with van der Waals surface area (Å²) in [7, 11) is 1.92. The number of carbonyl (C=O) groups is 1. The number of rotatable bonds is 7. The summed E-state index contributed by atoms with van der Waals surface area (Å²) in [5.74, 6) is 0.754. The van der Waals surface area contributed by atoms with Crippen molar-refractivity contribution in [3.8, 4) is 5.75 Å². The average molecular weight is 432 g/mol. The minimum atomic E-state index is 0.0583. The summed E-state index contributed by atoms with van der Waals surface area (Å²) < 4.78 is 6.70. The fourth-order valence-electron chi connectivity index (χ4n) is 3.44. The normalized spacial score (nSPS) is 14.6. The van der Waals surface area contributed by atoms with Crippen molar-refractivity contribution >= 4 is 27.5 Å². The lowest BCUT2D eigenvalue weighted by atomic mass is 9.94. The van der Waals surface area contributed by atoms with Gasteiger partial charge in [0.1, 0.15) is 12.4 Å². The van der Waals surface area contributed by atoms with Crippen LogP contribution in [0.2, 0.25) is 0 Å². The SMILES string of the molecule is CN(C(=O)c1cc(Br)cc(OCCNc2ccncc2)c1)C1CCCCC1. The number of nitrogens with one attached hydrogen (secondary N) is 1. The monoisotopic (exact) mass is 431 g/mol. The summed E-state index contributed by atoms with van der Waals surface area (Å²) >= 11 is 3.50. The molecule has 0 spiro atoms. The van der Waals surface area contributed by atoms with Crippen molar-refractivity contribution in [3.63, 3.8) is 0 Å². The molecular formula is C21H26BrN3O2. The Labute approximate surface area is 169 Å². The first-order valence-corrected chi connectivity index (χ1v) is 10.3. The van der Waals surface area contributed by atoms with E-state index in [1.165, 1.54) is 19.3 Å².